The van der Waals surface area contributed by atoms with Gasteiger partial charge in [0.1, 0.15) is 5.82 Å². The number of benzene rings is 1. The highest BCUT2D eigenvalue weighted by molar-refractivity contribution is 5.39. The number of aromatic nitrogens is 2. The fourth-order valence-corrected chi connectivity index (χ4v) is 1.32. The second-order valence-electron chi connectivity index (χ2n) is 3.59. The maximum atomic E-state index is 13.4. The monoisotopic (exact) mass is 288 g/mol. The van der Waals surface area contributed by atoms with E-state index in [-0.39, 0.29) is 11.6 Å². The van der Waals surface area contributed by atoms with Crippen LogP contribution in [-0.4, -0.2) is 9.97 Å². The first kappa shape index (κ1) is 14.0. The highest BCUT2D eigenvalue weighted by atomic mass is 19.4. The molecule has 0 fully saturated rings. The van der Waals surface area contributed by atoms with Gasteiger partial charge in [0.05, 0.1) is 0 Å². The Morgan fingerprint density at radius 1 is 1.15 bits per heavy atom. The molecule has 9 heteroatoms. The van der Waals surface area contributed by atoms with Crippen molar-refractivity contribution in [3.63, 3.8) is 0 Å². The highest BCUT2D eigenvalue weighted by Gasteiger charge is 2.35. The average Bonchev–Trinajstić information content (AvgIpc) is 2.40. The molecule has 1 heterocycles. The number of nitrogens with one attached hydrogen (secondary N) is 1. The molecule has 20 heavy (non-hydrogen) atoms. The minimum absolute atomic E-state index is 0.262. The van der Waals surface area contributed by atoms with E-state index in [1.807, 2.05) is 5.43 Å². The predicted molar refractivity (Wildman–Crippen MR) is 61.3 cm³/mol. The molecular weight excluding hydrogens is 280 g/mol. The van der Waals surface area contributed by atoms with Crippen molar-refractivity contribution in [2.75, 3.05) is 5.43 Å². The van der Waals surface area contributed by atoms with E-state index in [2.05, 4.69) is 9.97 Å². The van der Waals surface area contributed by atoms with Crippen molar-refractivity contribution < 1.29 is 22.3 Å². The van der Waals surface area contributed by atoms with E-state index < -0.39 is 23.7 Å². The first-order chi connectivity index (χ1) is 9.40. The van der Waals surface area contributed by atoms with Gasteiger partial charge in [-0.05, 0) is 12.1 Å². The van der Waals surface area contributed by atoms with Crippen molar-refractivity contribution in [1.29, 1.82) is 0 Å². The summed E-state index contributed by atoms with van der Waals surface area (Å²) in [6, 6.07) is 6.24. The van der Waals surface area contributed by atoms with Crippen LogP contribution in [0, 0.1) is 5.82 Å². The summed E-state index contributed by atoms with van der Waals surface area (Å²) < 4.78 is 56.1. The van der Waals surface area contributed by atoms with E-state index in [9.17, 15) is 17.6 Å². The van der Waals surface area contributed by atoms with E-state index in [1.165, 1.54) is 18.2 Å². The number of nitrogens with zero attached hydrogens (tertiary/aromatic N) is 2. The van der Waals surface area contributed by atoms with Crippen molar-refractivity contribution in [3.8, 4) is 11.6 Å². The number of anilines is 1. The van der Waals surface area contributed by atoms with Gasteiger partial charge >= 0.3 is 6.18 Å². The number of nitrogens with two attached hydrogens (primary N) is 1. The van der Waals surface area contributed by atoms with Crippen LogP contribution >= 0.6 is 0 Å². The van der Waals surface area contributed by atoms with Gasteiger partial charge in [0, 0.05) is 6.07 Å². The molecule has 2 aromatic rings. The number of nitrogen functional groups attached to an aromatic ring is 1. The molecule has 0 aliphatic heterocycles. The third kappa shape index (κ3) is 3.12. The molecular formula is C11H8F4N4O. The number of hydrogen-bond acceptors (Lipinski definition) is 5. The molecule has 2 rings (SSSR count). The third-order valence-electron chi connectivity index (χ3n) is 2.16. The number of ether oxygens (including phenoxy) is 1. The van der Waals surface area contributed by atoms with Crippen LogP contribution in [0.3, 0.4) is 0 Å². The Labute approximate surface area is 110 Å². The van der Waals surface area contributed by atoms with Gasteiger partial charge in [-0.3, -0.25) is 0 Å². The van der Waals surface area contributed by atoms with Gasteiger partial charge in [0.25, 0.3) is 0 Å². The van der Waals surface area contributed by atoms with E-state index in [1.54, 1.807) is 0 Å². The summed E-state index contributed by atoms with van der Waals surface area (Å²) in [7, 11) is 0. The molecule has 0 unspecified atom stereocenters. The molecule has 0 atom stereocenters. The second-order valence-corrected chi connectivity index (χ2v) is 3.59. The molecule has 0 saturated carbocycles. The van der Waals surface area contributed by atoms with Crippen LogP contribution in [-0.2, 0) is 6.18 Å². The number of hydrogen-bond donors (Lipinski definition) is 2. The van der Waals surface area contributed by atoms with Gasteiger partial charge in [-0.15, -0.1) is 0 Å². The molecule has 0 spiro atoms. The molecule has 3 N–H and O–H groups in total. The fraction of sp³-hybridized carbons (Fsp3) is 0.0909. The van der Waals surface area contributed by atoms with Gasteiger partial charge in [0.2, 0.25) is 11.7 Å². The zero-order valence-electron chi connectivity index (χ0n) is 9.78. The van der Waals surface area contributed by atoms with E-state index in [4.69, 9.17) is 10.6 Å². The van der Waals surface area contributed by atoms with Crippen LogP contribution in [0.2, 0.25) is 0 Å². The molecule has 106 valence electrons. The topological polar surface area (TPSA) is 73.1 Å². The predicted octanol–water partition coefficient (Wildman–Crippen LogP) is 2.71. The largest absolute Gasteiger partial charge is 0.451 e. The van der Waals surface area contributed by atoms with Crippen LogP contribution in [0.1, 0.15) is 5.82 Å². The summed E-state index contributed by atoms with van der Waals surface area (Å²) in [5.41, 5.74) is 1.96. The molecule has 5 nitrogen and oxygen atoms in total. The minimum Gasteiger partial charge on any atom is -0.436 e. The Morgan fingerprint density at radius 2 is 1.85 bits per heavy atom. The lowest BCUT2D eigenvalue weighted by Crippen LogP contribution is -2.16. The van der Waals surface area contributed by atoms with Gasteiger partial charge in [-0.2, -0.15) is 18.2 Å². The molecule has 1 aromatic carbocycles. The van der Waals surface area contributed by atoms with Crippen LogP contribution in [0.25, 0.3) is 0 Å². The number of halogens is 4. The van der Waals surface area contributed by atoms with E-state index >= 15 is 0 Å². The van der Waals surface area contributed by atoms with Crippen LogP contribution in [0.5, 0.6) is 11.6 Å². The lowest BCUT2D eigenvalue weighted by molar-refractivity contribution is -0.145. The summed E-state index contributed by atoms with van der Waals surface area (Å²) in [6.45, 7) is 0. The summed E-state index contributed by atoms with van der Waals surface area (Å²) in [4.78, 5) is 6.31. The average molecular weight is 288 g/mol. The van der Waals surface area contributed by atoms with Gasteiger partial charge in [-0.25, -0.2) is 15.2 Å². The lowest BCUT2D eigenvalue weighted by atomic mass is 10.3. The van der Waals surface area contributed by atoms with Crippen molar-refractivity contribution in [2.45, 2.75) is 6.18 Å². The van der Waals surface area contributed by atoms with E-state index in [0.29, 0.717) is 0 Å². The number of para-hydroxylation sites is 1. The summed E-state index contributed by atoms with van der Waals surface area (Å²) in [5.74, 6) is 1.79. The summed E-state index contributed by atoms with van der Waals surface area (Å²) >= 11 is 0. The second kappa shape index (κ2) is 5.29. The Balaban J connectivity index is 2.39. The maximum absolute atomic E-state index is 13.4. The van der Waals surface area contributed by atoms with Crippen molar-refractivity contribution in [1.82, 2.24) is 9.97 Å². The molecule has 0 bridgehead atoms. The minimum atomic E-state index is -4.78. The quantitative estimate of drug-likeness (QED) is 0.516. The zero-order valence-corrected chi connectivity index (χ0v) is 9.78. The SMILES string of the molecule is NNc1cc(Oc2ccccc2F)nc(C(F)(F)F)n1. The summed E-state index contributed by atoms with van der Waals surface area (Å²) in [6.07, 6.45) is -4.78. The van der Waals surface area contributed by atoms with Crippen LogP contribution in [0.15, 0.2) is 30.3 Å². The number of rotatable bonds is 3. The molecule has 0 amide bonds. The number of hydrazine groups is 1. The zero-order chi connectivity index (χ0) is 14.8. The van der Waals surface area contributed by atoms with E-state index in [0.717, 1.165) is 12.1 Å². The smallest absolute Gasteiger partial charge is 0.436 e. The van der Waals surface area contributed by atoms with Crippen LogP contribution < -0.4 is 16.0 Å². The normalized spacial score (nSPS) is 11.2. The molecule has 0 aliphatic rings. The van der Waals surface area contributed by atoms with Gasteiger partial charge < -0.3 is 10.2 Å². The summed E-state index contributed by atoms with van der Waals surface area (Å²) in [5, 5.41) is 0. The Morgan fingerprint density at radius 3 is 2.45 bits per heavy atom. The first-order valence-electron chi connectivity index (χ1n) is 5.25. The lowest BCUT2D eigenvalue weighted by Gasteiger charge is -2.10. The first-order valence-corrected chi connectivity index (χ1v) is 5.25. The van der Waals surface area contributed by atoms with Crippen LogP contribution in [0.4, 0.5) is 23.4 Å². The molecule has 0 aliphatic carbocycles. The van der Waals surface area contributed by atoms with Crippen molar-refractivity contribution in [3.05, 3.63) is 42.0 Å². The van der Waals surface area contributed by atoms with Gasteiger partial charge in [-0.1, -0.05) is 12.1 Å². The Kier molecular flexibility index (Phi) is 3.70. The Hall–Kier alpha value is -2.42. The van der Waals surface area contributed by atoms with Gasteiger partial charge in [0.15, 0.2) is 11.6 Å². The van der Waals surface area contributed by atoms with Crippen molar-refractivity contribution in [2.24, 2.45) is 5.84 Å². The third-order valence-corrected chi connectivity index (χ3v) is 2.16. The standard InChI is InChI=1S/C11H8F4N4O/c12-6-3-1-2-4-7(6)20-9-5-8(19-16)17-10(18-9)11(13,14)15/h1-5H,16H2,(H,17,18,19). The molecule has 1 aromatic heterocycles. The molecule has 0 radical (unpaired) electrons. The maximum Gasteiger partial charge on any atom is 0.451 e. The highest BCUT2D eigenvalue weighted by Crippen LogP contribution is 2.30. The Bertz CT molecular complexity index is 618. The molecule has 0 saturated heterocycles. The number of alkyl halides is 3. The fourth-order valence-electron chi connectivity index (χ4n) is 1.32. The van der Waals surface area contributed by atoms with Crippen molar-refractivity contribution >= 4 is 5.82 Å².